The molecule has 0 aromatic heterocycles. The van der Waals surface area contributed by atoms with Crippen LogP contribution >= 0.6 is 0 Å². The summed E-state index contributed by atoms with van der Waals surface area (Å²) in [7, 11) is -2.06. The van der Waals surface area contributed by atoms with Crippen molar-refractivity contribution < 1.29 is 17.9 Å². The Kier molecular flexibility index (Phi) is 7.86. The van der Waals surface area contributed by atoms with Crippen LogP contribution in [0.4, 0.5) is 5.69 Å². The van der Waals surface area contributed by atoms with Crippen LogP contribution in [0, 0.1) is 0 Å². The molecule has 0 atom stereocenters. The SMILES string of the molecule is CCCNS(=O)(=O)c1cc(C(=O)NCCCOC)ccc1N1CCCC1. The number of anilines is 1. The molecule has 1 aromatic rings. The molecule has 8 heteroatoms. The molecule has 2 N–H and O–H groups in total. The highest BCUT2D eigenvalue weighted by Crippen LogP contribution is 2.29. The molecule has 7 nitrogen and oxygen atoms in total. The number of methoxy groups -OCH3 is 1. The average Bonchev–Trinajstić information content (AvgIpc) is 3.17. The van der Waals surface area contributed by atoms with Crippen molar-refractivity contribution in [3.05, 3.63) is 23.8 Å². The van der Waals surface area contributed by atoms with Crippen LogP contribution in [-0.4, -0.2) is 54.2 Å². The van der Waals surface area contributed by atoms with Crippen LogP contribution in [0.5, 0.6) is 0 Å². The number of rotatable bonds is 10. The average molecular weight is 384 g/mol. The fourth-order valence-corrected chi connectivity index (χ4v) is 4.31. The summed E-state index contributed by atoms with van der Waals surface area (Å²) < 4.78 is 33.1. The van der Waals surface area contributed by atoms with Gasteiger partial charge in [-0.1, -0.05) is 6.92 Å². The third-order valence-electron chi connectivity index (χ3n) is 4.31. The predicted octanol–water partition coefficient (Wildman–Crippen LogP) is 1.74. The van der Waals surface area contributed by atoms with Crippen molar-refractivity contribution in [2.75, 3.05) is 44.8 Å². The molecular weight excluding hydrogens is 354 g/mol. The Morgan fingerprint density at radius 3 is 2.62 bits per heavy atom. The molecule has 0 unspecified atom stereocenters. The van der Waals surface area contributed by atoms with E-state index in [1.807, 2.05) is 6.92 Å². The Morgan fingerprint density at radius 1 is 1.23 bits per heavy atom. The summed E-state index contributed by atoms with van der Waals surface area (Å²) in [6, 6.07) is 4.92. The lowest BCUT2D eigenvalue weighted by Crippen LogP contribution is -2.29. The van der Waals surface area contributed by atoms with Gasteiger partial charge in [0.05, 0.1) is 5.69 Å². The third-order valence-corrected chi connectivity index (χ3v) is 5.80. The van der Waals surface area contributed by atoms with E-state index in [0.717, 1.165) is 25.9 Å². The summed E-state index contributed by atoms with van der Waals surface area (Å²) in [6.45, 7) is 4.99. The summed E-state index contributed by atoms with van der Waals surface area (Å²) in [5.74, 6) is -0.277. The number of ether oxygens (including phenoxy) is 1. The second-order valence-corrected chi connectivity index (χ2v) is 8.11. The first-order chi connectivity index (χ1) is 12.5. The molecule has 1 aliphatic heterocycles. The van der Waals surface area contributed by atoms with Gasteiger partial charge in [0.1, 0.15) is 4.90 Å². The Morgan fingerprint density at radius 2 is 1.96 bits per heavy atom. The highest BCUT2D eigenvalue weighted by molar-refractivity contribution is 7.89. The highest BCUT2D eigenvalue weighted by Gasteiger charge is 2.25. The van der Waals surface area contributed by atoms with Crippen LogP contribution < -0.4 is 14.9 Å². The standard InChI is InChI=1S/C18H29N3O4S/c1-3-9-20-26(23,24)17-14-15(18(22)19-10-6-13-25-2)7-8-16(17)21-11-4-5-12-21/h7-8,14,20H,3-6,9-13H2,1-2H3,(H,19,22). The van der Waals surface area contributed by atoms with Gasteiger partial charge in [0.25, 0.3) is 5.91 Å². The number of sulfonamides is 1. The van der Waals surface area contributed by atoms with Crippen molar-refractivity contribution >= 4 is 21.6 Å². The Labute approximate surface area is 156 Å². The molecule has 1 aliphatic rings. The van der Waals surface area contributed by atoms with Gasteiger partial charge in [0.2, 0.25) is 10.0 Å². The molecule has 26 heavy (non-hydrogen) atoms. The number of nitrogens with one attached hydrogen (secondary N) is 2. The second kappa shape index (κ2) is 9.89. The zero-order valence-corrected chi connectivity index (χ0v) is 16.4. The van der Waals surface area contributed by atoms with Crippen LogP contribution in [0.3, 0.4) is 0 Å². The van der Waals surface area contributed by atoms with E-state index < -0.39 is 10.0 Å². The van der Waals surface area contributed by atoms with Gasteiger partial charge in [-0.3, -0.25) is 4.79 Å². The molecule has 146 valence electrons. The zero-order chi connectivity index (χ0) is 19.0. The topological polar surface area (TPSA) is 87.7 Å². The van der Waals surface area contributed by atoms with E-state index in [1.165, 1.54) is 6.07 Å². The van der Waals surface area contributed by atoms with Gasteiger partial charge < -0.3 is 15.0 Å². The molecule has 0 radical (unpaired) electrons. The predicted molar refractivity (Wildman–Crippen MR) is 102 cm³/mol. The van der Waals surface area contributed by atoms with Crippen molar-refractivity contribution in [2.45, 2.75) is 37.5 Å². The van der Waals surface area contributed by atoms with Crippen LogP contribution in [0.25, 0.3) is 0 Å². The van der Waals surface area contributed by atoms with Gasteiger partial charge in [-0.15, -0.1) is 0 Å². The van der Waals surface area contributed by atoms with Gasteiger partial charge in [-0.25, -0.2) is 13.1 Å². The summed E-state index contributed by atoms with van der Waals surface area (Å²) in [6.07, 6.45) is 3.50. The lowest BCUT2D eigenvalue weighted by Gasteiger charge is -2.22. The maximum atomic E-state index is 12.8. The van der Waals surface area contributed by atoms with E-state index in [1.54, 1.807) is 19.2 Å². The van der Waals surface area contributed by atoms with Crippen LogP contribution in [0.2, 0.25) is 0 Å². The minimum absolute atomic E-state index is 0.178. The normalized spacial score (nSPS) is 14.6. The van der Waals surface area contributed by atoms with Gasteiger partial charge >= 0.3 is 0 Å². The van der Waals surface area contributed by atoms with E-state index in [0.29, 0.717) is 43.8 Å². The second-order valence-electron chi connectivity index (χ2n) is 6.38. The van der Waals surface area contributed by atoms with Crippen molar-refractivity contribution in [3.63, 3.8) is 0 Å². The minimum Gasteiger partial charge on any atom is -0.385 e. The fraction of sp³-hybridized carbons (Fsp3) is 0.611. The molecule has 1 amide bonds. The number of hydrogen-bond acceptors (Lipinski definition) is 5. The van der Waals surface area contributed by atoms with Crippen LogP contribution in [-0.2, 0) is 14.8 Å². The molecule has 0 saturated carbocycles. The van der Waals surface area contributed by atoms with Crippen LogP contribution in [0.1, 0.15) is 43.0 Å². The van der Waals surface area contributed by atoms with Crippen molar-refractivity contribution in [2.24, 2.45) is 0 Å². The summed E-state index contributed by atoms with van der Waals surface area (Å²) in [5, 5.41) is 2.80. The van der Waals surface area contributed by atoms with E-state index in [2.05, 4.69) is 14.9 Å². The first kappa shape index (κ1) is 20.7. The Bertz CT molecular complexity index is 700. The molecule has 2 rings (SSSR count). The van der Waals surface area contributed by atoms with Crippen molar-refractivity contribution in [1.82, 2.24) is 10.0 Å². The molecule has 0 bridgehead atoms. The molecule has 1 heterocycles. The minimum atomic E-state index is -3.67. The maximum absolute atomic E-state index is 12.8. The lowest BCUT2D eigenvalue weighted by molar-refractivity contribution is 0.0948. The number of carbonyl (C=O) groups excluding carboxylic acids is 1. The number of benzene rings is 1. The van der Waals surface area contributed by atoms with Gasteiger partial charge in [-0.05, 0) is 43.9 Å². The van der Waals surface area contributed by atoms with Crippen LogP contribution in [0.15, 0.2) is 23.1 Å². The first-order valence-electron chi connectivity index (χ1n) is 9.15. The smallest absolute Gasteiger partial charge is 0.251 e. The summed E-state index contributed by atoms with van der Waals surface area (Å²) >= 11 is 0. The van der Waals surface area contributed by atoms with Gasteiger partial charge in [0.15, 0.2) is 0 Å². The number of hydrogen-bond donors (Lipinski definition) is 2. The van der Waals surface area contributed by atoms with Crippen molar-refractivity contribution in [3.8, 4) is 0 Å². The number of amides is 1. The number of carbonyl (C=O) groups is 1. The van der Waals surface area contributed by atoms with Gasteiger partial charge in [-0.2, -0.15) is 0 Å². The van der Waals surface area contributed by atoms with E-state index in [-0.39, 0.29) is 10.8 Å². The molecule has 1 fully saturated rings. The molecule has 0 aliphatic carbocycles. The highest BCUT2D eigenvalue weighted by atomic mass is 32.2. The first-order valence-corrected chi connectivity index (χ1v) is 10.6. The molecule has 1 aromatic carbocycles. The van der Waals surface area contributed by atoms with Crippen molar-refractivity contribution in [1.29, 1.82) is 0 Å². The Hall–Kier alpha value is -1.64. The lowest BCUT2D eigenvalue weighted by atomic mass is 10.2. The quantitative estimate of drug-likeness (QED) is 0.601. The summed E-state index contributed by atoms with van der Waals surface area (Å²) in [5.41, 5.74) is 1.02. The largest absolute Gasteiger partial charge is 0.385 e. The van der Waals surface area contributed by atoms with E-state index in [4.69, 9.17) is 4.74 Å². The maximum Gasteiger partial charge on any atom is 0.251 e. The van der Waals surface area contributed by atoms with Gasteiger partial charge in [0, 0.05) is 45.5 Å². The zero-order valence-electron chi connectivity index (χ0n) is 15.6. The fourth-order valence-electron chi connectivity index (χ4n) is 2.92. The summed E-state index contributed by atoms with van der Waals surface area (Å²) in [4.78, 5) is 14.6. The van der Waals surface area contributed by atoms with E-state index in [9.17, 15) is 13.2 Å². The third kappa shape index (κ3) is 5.43. The molecular formula is C18H29N3O4S. The molecule has 0 spiro atoms. The van der Waals surface area contributed by atoms with E-state index >= 15 is 0 Å². The monoisotopic (exact) mass is 383 g/mol. The number of nitrogens with zero attached hydrogens (tertiary/aromatic N) is 1. The Balaban J connectivity index is 2.26. The molecule has 1 saturated heterocycles.